The van der Waals surface area contributed by atoms with Crippen LogP contribution in [0.15, 0.2) is 28.7 Å². The van der Waals surface area contributed by atoms with Gasteiger partial charge in [0.2, 0.25) is 11.8 Å². The quantitative estimate of drug-likeness (QED) is 0.700. The minimum Gasteiger partial charge on any atom is -0.356 e. The van der Waals surface area contributed by atoms with Crippen LogP contribution in [0.25, 0.3) is 0 Å². The molecule has 7 heteroatoms. The van der Waals surface area contributed by atoms with E-state index in [2.05, 4.69) is 31.9 Å². The molecule has 2 rings (SSSR count). The summed E-state index contributed by atoms with van der Waals surface area (Å²) in [6, 6.07) is 7.63. The van der Waals surface area contributed by atoms with E-state index in [9.17, 15) is 9.59 Å². The third-order valence-corrected chi connectivity index (χ3v) is 4.89. The van der Waals surface area contributed by atoms with Crippen LogP contribution >= 0.6 is 27.7 Å². The van der Waals surface area contributed by atoms with E-state index in [1.807, 2.05) is 36.0 Å². The number of hydrogen-bond acceptors (Lipinski definition) is 4. The molecule has 1 aliphatic rings. The molecule has 120 valence electrons. The van der Waals surface area contributed by atoms with Gasteiger partial charge in [0.25, 0.3) is 0 Å². The van der Waals surface area contributed by atoms with Crippen molar-refractivity contribution in [2.75, 3.05) is 29.9 Å². The molecule has 0 spiro atoms. The van der Waals surface area contributed by atoms with Crippen molar-refractivity contribution >= 4 is 45.2 Å². The first-order valence-corrected chi connectivity index (χ1v) is 9.21. The molecule has 1 atom stereocenters. The van der Waals surface area contributed by atoms with Gasteiger partial charge in [-0.25, -0.2) is 0 Å². The Labute approximate surface area is 143 Å². The van der Waals surface area contributed by atoms with Crippen LogP contribution in [0.5, 0.6) is 0 Å². The molecule has 3 N–H and O–H groups in total. The summed E-state index contributed by atoms with van der Waals surface area (Å²) in [7, 11) is 0. The van der Waals surface area contributed by atoms with Gasteiger partial charge in [-0.2, -0.15) is 11.8 Å². The fourth-order valence-corrected chi connectivity index (χ4v) is 3.33. The maximum Gasteiger partial charge on any atom is 0.226 e. The van der Waals surface area contributed by atoms with E-state index in [-0.39, 0.29) is 24.3 Å². The first-order valence-electron chi connectivity index (χ1n) is 7.27. The summed E-state index contributed by atoms with van der Waals surface area (Å²) in [5.41, 5.74) is 0.753. The molecule has 1 aliphatic heterocycles. The van der Waals surface area contributed by atoms with Crippen LogP contribution in [0, 0.1) is 0 Å². The van der Waals surface area contributed by atoms with Crippen molar-refractivity contribution in [3.63, 3.8) is 0 Å². The second-order valence-corrected chi connectivity index (χ2v) is 7.15. The summed E-state index contributed by atoms with van der Waals surface area (Å²) >= 11 is 5.21. The predicted molar refractivity (Wildman–Crippen MR) is 94.1 cm³/mol. The third kappa shape index (κ3) is 6.37. The number of carbonyl (C=O) groups is 2. The van der Waals surface area contributed by atoms with E-state index in [0.717, 1.165) is 28.2 Å². The van der Waals surface area contributed by atoms with Crippen LogP contribution in [0.3, 0.4) is 0 Å². The number of thioether (sulfide) groups is 1. The van der Waals surface area contributed by atoms with Gasteiger partial charge >= 0.3 is 0 Å². The second-order valence-electron chi connectivity index (χ2n) is 5.09. The van der Waals surface area contributed by atoms with Crippen molar-refractivity contribution in [2.24, 2.45) is 0 Å². The lowest BCUT2D eigenvalue weighted by atomic mass is 10.2. The largest absolute Gasteiger partial charge is 0.356 e. The molecule has 1 saturated heterocycles. The number of amides is 2. The number of nitrogens with one attached hydrogen (secondary N) is 3. The third-order valence-electron chi connectivity index (χ3n) is 3.23. The lowest BCUT2D eigenvalue weighted by Crippen LogP contribution is -2.41. The summed E-state index contributed by atoms with van der Waals surface area (Å²) in [5.74, 6) is 1.97. The molecule has 0 aromatic heterocycles. The van der Waals surface area contributed by atoms with Crippen LogP contribution < -0.4 is 16.0 Å². The number of anilines is 1. The Bertz CT molecular complexity index is 504. The van der Waals surface area contributed by atoms with Gasteiger partial charge in [0.15, 0.2) is 0 Å². The van der Waals surface area contributed by atoms with Gasteiger partial charge in [-0.05, 0) is 24.3 Å². The van der Waals surface area contributed by atoms with E-state index < -0.39 is 0 Å². The molecule has 5 nitrogen and oxygen atoms in total. The maximum absolute atomic E-state index is 11.8. The van der Waals surface area contributed by atoms with E-state index in [4.69, 9.17) is 0 Å². The van der Waals surface area contributed by atoms with E-state index in [0.29, 0.717) is 13.0 Å². The summed E-state index contributed by atoms with van der Waals surface area (Å²) in [4.78, 5) is 23.6. The van der Waals surface area contributed by atoms with Gasteiger partial charge in [0, 0.05) is 53.6 Å². The van der Waals surface area contributed by atoms with Crippen molar-refractivity contribution in [3.8, 4) is 0 Å². The Morgan fingerprint density at radius 3 is 2.73 bits per heavy atom. The molecule has 0 aliphatic carbocycles. The fourth-order valence-electron chi connectivity index (χ4n) is 2.12. The number of halogens is 1. The Morgan fingerprint density at radius 2 is 2.05 bits per heavy atom. The van der Waals surface area contributed by atoms with Crippen LogP contribution in [0.2, 0.25) is 0 Å². The van der Waals surface area contributed by atoms with Gasteiger partial charge in [0.05, 0.1) is 0 Å². The highest BCUT2D eigenvalue weighted by Crippen LogP contribution is 2.14. The van der Waals surface area contributed by atoms with Gasteiger partial charge in [0.1, 0.15) is 0 Å². The SMILES string of the molecule is O=C(CC1CSCCN1)NCCC(=O)Nc1ccc(Br)cc1. The minimum atomic E-state index is -0.103. The average Bonchev–Trinajstić information content (AvgIpc) is 2.50. The first kappa shape index (κ1) is 17.3. The van der Waals surface area contributed by atoms with Crippen LogP contribution in [0.1, 0.15) is 12.8 Å². The number of rotatable bonds is 6. The molecule has 1 unspecified atom stereocenters. The zero-order valence-electron chi connectivity index (χ0n) is 12.2. The Balaban J connectivity index is 1.61. The highest BCUT2D eigenvalue weighted by Gasteiger charge is 2.16. The maximum atomic E-state index is 11.8. The molecule has 1 aromatic rings. The highest BCUT2D eigenvalue weighted by atomic mass is 79.9. The Hall–Kier alpha value is -1.05. The zero-order valence-corrected chi connectivity index (χ0v) is 14.6. The standard InChI is InChI=1S/C15H20BrN3O2S/c16-11-1-3-12(4-2-11)19-14(20)5-6-18-15(21)9-13-10-22-8-7-17-13/h1-4,13,17H,5-10H2,(H,18,21)(H,19,20). The van der Waals surface area contributed by atoms with Crippen LogP contribution in [-0.2, 0) is 9.59 Å². The molecule has 2 amide bonds. The fraction of sp³-hybridized carbons (Fsp3) is 0.467. The molecule has 0 saturated carbocycles. The van der Waals surface area contributed by atoms with Crippen molar-refractivity contribution in [1.82, 2.24) is 10.6 Å². The lowest BCUT2D eigenvalue weighted by molar-refractivity contribution is -0.121. The summed E-state index contributed by atoms with van der Waals surface area (Å²) in [6.07, 6.45) is 0.746. The van der Waals surface area contributed by atoms with E-state index >= 15 is 0 Å². The van der Waals surface area contributed by atoms with Crippen LogP contribution in [0.4, 0.5) is 5.69 Å². The van der Waals surface area contributed by atoms with Gasteiger partial charge in [-0.3, -0.25) is 9.59 Å². The Kier molecular flexibility index (Phi) is 7.21. The lowest BCUT2D eigenvalue weighted by Gasteiger charge is -2.22. The normalized spacial score (nSPS) is 17.8. The smallest absolute Gasteiger partial charge is 0.226 e. The van der Waals surface area contributed by atoms with Crippen molar-refractivity contribution in [3.05, 3.63) is 28.7 Å². The monoisotopic (exact) mass is 385 g/mol. The summed E-state index contributed by atoms with van der Waals surface area (Å²) in [5, 5.41) is 8.92. The highest BCUT2D eigenvalue weighted by molar-refractivity contribution is 9.10. The molecular formula is C15H20BrN3O2S. The van der Waals surface area contributed by atoms with Gasteiger partial charge < -0.3 is 16.0 Å². The topological polar surface area (TPSA) is 70.2 Å². The first-order chi connectivity index (χ1) is 10.6. The molecule has 1 aromatic carbocycles. The molecular weight excluding hydrogens is 366 g/mol. The van der Waals surface area contributed by atoms with Crippen molar-refractivity contribution in [1.29, 1.82) is 0 Å². The summed E-state index contributed by atoms with van der Waals surface area (Å²) in [6.45, 7) is 1.32. The van der Waals surface area contributed by atoms with Gasteiger partial charge in [-0.1, -0.05) is 15.9 Å². The Morgan fingerprint density at radius 1 is 1.27 bits per heavy atom. The molecule has 0 radical (unpaired) electrons. The van der Waals surface area contributed by atoms with Crippen molar-refractivity contribution in [2.45, 2.75) is 18.9 Å². The van der Waals surface area contributed by atoms with Crippen LogP contribution in [-0.4, -0.2) is 42.5 Å². The van der Waals surface area contributed by atoms with E-state index in [1.165, 1.54) is 0 Å². The van der Waals surface area contributed by atoms with E-state index in [1.54, 1.807) is 0 Å². The molecule has 1 heterocycles. The second kappa shape index (κ2) is 9.17. The van der Waals surface area contributed by atoms with Crippen molar-refractivity contribution < 1.29 is 9.59 Å². The summed E-state index contributed by atoms with van der Waals surface area (Å²) < 4.78 is 0.965. The predicted octanol–water partition coefficient (Wildman–Crippen LogP) is 1.99. The number of carbonyl (C=O) groups excluding carboxylic acids is 2. The molecule has 22 heavy (non-hydrogen) atoms. The number of benzene rings is 1. The average molecular weight is 386 g/mol. The number of hydrogen-bond donors (Lipinski definition) is 3. The zero-order chi connectivity index (χ0) is 15.8. The minimum absolute atomic E-state index is 0.00329. The van der Waals surface area contributed by atoms with Gasteiger partial charge in [-0.15, -0.1) is 0 Å². The molecule has 0 bridgehead atoms. The molecule has 1 fully saturated rings.